The molecule has 0 amide bonds. The topological polar surface area (TPSA) is 89.6 Å². The van der Waals surface area contributed by atoms with Crippen LogP contribution in [0.5, 0.6) is 0 Å². The Kier molecular flexibility index (Phi) is 2.86. The number of rotatable bonds is 3. The summed E-state index contributed by atoms with van der Waals surface area (Å²) in [7, 11) is 0. The maximum absolute atomic E-state index is 12.2. The number of hydrogen-bond donors (Lipinski definition) is 1. The van der Waals surface area contributed by atoms with E-state index < -0.39 is 11.5 Å². The Morgan fingerprint density at radius 2 is 2.40 bits per heavy atom. The molecule has 0 aromatic carbocycles. The van der Waals surface area contributed by atoms with Gasteiger partial charge in [0.15, 0.2) is 5.65 Å². The number of esters is 1. The summed E-state index contributed by atoms with van der Waals surface area (Å²) in [6, 6.07) is 3.45. The third-order valence-electron chi connectivity index (χ3n) is 2.82. The van der Waals surface area contributed by atoms with Crippen molar-refractivity contribution >= 4 is 11.6 Å². The molecule has 0 aliphatic rings. The second-order valence-electron chi connectivity index (χ2n) is 4.07. The third kappa shape index (κ3) is 1.89. The number of nitrogens with zero attached hydrogens (tertiary/aromatic N) is 2. The second-order valence-corrected chi connectivity index (χ2v) is 4.07. The molecule has 7 nitrogen and oxygen atoms in total. The molecule has 0 spiro atoms. The Bertz CT molecular complexity index is 814. The lowest BCUT2D eigenvalue weighted by molar-refractivity contribution is 0.0523. The summed E-state index contributed by atoms with van der Waals surface area (Å²) in [5.41, 5.74) is 1.27. The van der Waals surface area contributed by atoms with Crippen LogP contribution in [0.2, 0.25) is 0 Å². The lowest BCUT2D eigenvalue weighted by atomic mass is 10.2. The van der Waals surface area contributed by atoms with Gasteiger partial charge in [-0.25, -0.2) is 14.3 Å². The highest BCUT2D eigenvalue weighted by molar-refractivity contribution is 5.88. The highest BCUT2D eigenvalue weighted by Gasteiger charge is 2.16. The highest BCUT2D eigenvalue weighted by Crippen LogP contribution is 2.18. The smallest absolute Gasteiger partial charge is 0.345 e. The Hall–Kier alpha value is -2.83. The summed E-state index contributed by atoms with van der Waals surface area (Å²) in [5.74, 6) is -0.682. The summed E-state index contributed by atoms with van der Waals surface area (Å²) in [6.45, 7) is 1.87. The molecule has 0 aliphatic heterocycles. The van der Waals surface area contributed by atoms with Crippen molar-refractivity contribution in [3.8, 4) is 11.3 Å². The quantitative estimate of drug-likeness (QED) is 0.730. The molecule has 0 radical (unpaired) electrons. The number of nitrogens with one attached hydrogen (secondary N) is 1. The average Bonchev–Trinajstić information content (AvgIpc) is 3.08. The minimum atomic E-state index is -0.682. The minimum Gasteiger partial charge on any atom is -0.472 e. The number of carbonyl (C=O) groups is 1. The van der Waals surface area contributed by atoms with Crippen LogP contribution in [0.25, 0.3) is 16.9 Å². The molecule has 3 aromatic heterocycles. The van der Waals surface area contributed by atoms with Gasteiger partial charge in [-0.1, -0.05) is 0 Å². The molecule has 0 bridgehead atoms. The van der Waals surface area contributed by atoms with E-state index in [0.29, 0.717) is 11.3 Å². The van der Waals surface area contributed by atoms with Gasteiger partial charge >= 0.3 is 5.97 Å². The van der Waals surface area contributed by atoms with Gasteiger partial charge in [0.05, 0.1) is 24.8 Å². The maximum Gasteiger partial charge on any atom is 0.345 e. The SMILES string of the molecule is CCOC(=O)c1cnc2cc(-c3ccoc3)[nH]n2c1=O. The van der Waals surface area contributed by atoms with E-state index in [0.717, 1.165) is 5.56 Å². The van der Waals surface area contributed by atoms with Gasteiger partial charge in [-0.15, -0.1) is 0 Å². The van der Waals surface area contributed by atoms with E-state index in [4.69, 9.17) is 9.15 Å². The number of ether oxygens (including phenoxy) is 1. The average molecular weight is 273 g/mol. The van der Waals surface area contributed by atoms with Crippen LogP contribution < -0.4 is 5.56 Å². The molecule has 0 saturated heterocycles. The number of fused-ring (bicyclic) bond motifs is 1. The molecule has 7 heteroatoms. The normalized spacial score (nSPS) is 10.8. The summed E-state index contributed by atoms with van der Waals surface area (Å²) in [6.07, 6.45) is 4.30. The fraction of sp³-hybridized carbons (Fsp3) is 0.154. The Balaban J connectivity index is 2.14. The van der Waals surface area contributed by atoms with Gasteiger partial charge < -0.3 is 9.15 Å². The van der Waals surface area contributed by atoms with E-state index >= 15 is 0 Å². The molecule has 0 unspecified atom stereocenters. The summed E-state index contributed by atoms with van der Waals surface area (Å²) in [4.78, 5) is 27.9. The zero-order valence-electron chi connectivity index (χ0n) is 10.6. The Morgan fingerprint density at radius 3 is 3.10 bits per heavy atom. The van der Waals surface area contributed by atoms with Gasteiger partial charge in [-0.3, -0.25) is 9.89 Å². The van der Waals surface area contributed by atoms with Crippen LogP contribution in [0.1, 0.15) is 17.3 Å². The number of furan rings is 1. The van der Waals surface area contributed by atoms with E-state index in [1.807, 2.05) is 0 Å². The van der Waals surface area contributed by atoms with Crippen molar-refractivity contribution < 1.29 is 13.9 Å². The highest BCUT2D eigenvalue weighted by atomic mass is 16.5. The van der Waals surface area contributed by atoms with Crippen LogP contribution in [0.4, 0.5) is 0 Å². The van der Waals surface area contributed by atoms with Crippen molar-refractivity contribution in [1.29, 1.82) is 0 Å². The van der Waals surface area contributed by atoms with E-state index in [1.165, 1.54) is 17.0 Å². The third-order valence-corrected chi connectivity index (χ3v) is 2.82. The molecular formula is C13H11N3O4. The first-order valence-electron chi connectivity index (χ1n) is 6.01. The predicted octanol–water partition coefficient (Wildman–Crippen LogP) is 1.46. The van der Waals surface area contributed by atoms with Crippen molar-refractivity contribution in [2.75, 3.05) is 6.61 Å². The molecule has 0 fully saturated rings. The van der Waals surface area contributed by atoms with Crippen molar-refractivity contribution in [2.24, 2.45) is 0 Å². The minimum absolute atomic E-state index is 0.107. The second kappa shape index (κ2) is 4.69. The van der Waals surface area contributed by atoms with Crippen molar-refractivity contribution in [2.45, 2.75) is 6.92 Å². The number of hydrogen-bond acceptors (Lipinski definition) is 5. The lowest BCUT2D eigenvalue weighted by Gasteiger charge is -2.00. The predicted molar refractivity (Wildman–Crippen MR) is 69.5 cm³/mol. The molecular weight excluding hydrogens is 262 g/mol. The van der Waals surface area contributed by atoms with E-state index in [-0.39, 0.29) is 12.2 Å². The van der Waals surface area contributed by atoms with Crippen LogP contribution >= 0.6 is 0 Å². The monoisotopic (exact) mass is 273 g/mol. The first kappa shape index (κ1) is 12.2. The van der Waals surface area contributed by atoms with Gasteiger partial charge in [0.1, 0.15) is 5.56 Å². The van der Waals surface area contributed by atoms with Crippen LogP contribution in [-0.4, -0.2) is 27.2 Å². The molecule has 1 N–H and O–H groups in total. The molecule has 3 heterocycles. The zero-order valence-corrected chi connectivity index (χ0v) is 10.6. The largest absolute Gasteiger partial charge is 0.472 e. The van der Waals surface area contributed by atoms with Crippen LogP contribution in [0.3, 0.4) is 0 Å². The van der Waals surface area contributed by atoms with Crippen LogP contribution in [0.15, 0.2) is 40.1 Å². The molecule has 20 heavy (non-hydrogen) atoms. The van der Waals surface area contributed by atoms with Crippen LogP contribution in [0, 0.1) is 0 Å². The number of aromatic nitrogens is 3. The van der Waals surface area contributed by atoms with E-state index in [1.54, 1.807) is 25.3 Å². The van der Waals surface area contributed by atoms with Crippen molar-refractivity contribution in [3.05, 3.63) is 46.8 Å². The summed E-state index contributed by atoms with van der Waals surface area (Å²) >= 11 is 0. The number of H-pyrrole nitrogens is 1. The first-order valence-corrected chi connectivity index (χ1v) is 6.01. The zero-order chi connectivity index (χ0) is 14.1. The molecule has 3 rings (SSSR count). The first-order chi connectivity index (χ1) is 9.70. The molecule has 0 aliphatic carbocycles. The Labute approximate surface area is 112 Å². The van der Waals surface area contributed by atoms with Gasteiger partial charge in [0.25, 0.3) is 5.56 Å². The van der Waals surface area contributed by atoms with Gasteiger partial charge in [0.2, 0.25) is 0 Å². The molecule has 3 aromatic rings. The van der Waals surface area contributed by atoms with Gasteiger partial charge in [-0.05, 0) is 13.0 Å². The fourth-order valence-corrected chi connectivity index (χ4v) is 1.87. The number of aromatic amines is 1. The van der Waals surface area contributed by atoms with E-state index in [9.17, 15) is 9.59 Å². The summed E-state index contributed by atoms with van der Waals surface area (Å²) in [5, 5.41) is 2.88. The summed E-state index contributed by atoms with van der Waals surface area (Å²) < 4.78 is 11.0. The maximum atomic E-state index is 12.2. The Morgan fingerprint density at radius 1 is 1.55 bits per heavy atom. The number of carbonyl (C=O) groups excluding carboxylic acids is 1. The van der Waals surface area contributed by atoms with Gasteiger partial charge in [-0.2, -0.15) is 0 Å². The molecule has 0 saturated carbocycles. The standard InChI is InChI=1S/C13H11N3O4/c1-2-20-13(18)9-6-14-11-5-10(8-3-4-19-7-8)15-16(11)12(9)17/h3-7,15H,2H2,1H3. The van der Waals surface area contributed by atoms with Crippen molar-refractivity contribution in [1.82, 2.24) is 14.6 Å². The van der Waals surface area contributed by atoms with Crippen LogP contribution in [-0.2, 0) is 4.74 Å². The van der Waals surface area contributed by atoms with E-state index in [2.05, 4.69) is 10.1 Å². The molecule has 102 valence electrons. The van der Waals surface area contributed by atoms with Gasteiger partial charge in [0, 0.05) is 17.8 Å². The fourth-order valence-electron chi connectivity index (χ4n) is 1.87. The lowest BCUT2D eigenvalue weighted by Crippen LogP contribution is -2.24. The van der Waals surface area contributed by atoms with Crippen molar-refractivity contribution in [3.63, 3.8) is 0 Å². The molecule has 0 atom stereocenters.